The number of carbonyl (C=O) groups is 1. The maximum atomic E-state index is 10.5. The Bertz CT molecular complexity index is 449. The lowest BCUT2D eigenvalue weighted by molar-refractivity contribution is -0.218. The number of benzene rings is 1. The van der Waals surface area contributed by atoms with E-state index in [9.17, 15) is 20.1 Å². The van der Waals surface area contributed by atoms with Crippen LogP contribution in [-0.2, 0) is 5.79 Å². The number of hydrogen-bond acceptors (Lipinski definition) is 6. The highest BCUT2D eigenvalue weighted by molar-refractivity contribution is 5.75. The van der Waals surface area contributed by atoms with Gasteiger partial charge >= 0.3 is 0 Å². The molecule has 6 nitrogen and oxygen atoms in total. The average molecular weight is 223 g/mol. The zero-order chi connectivity index (χ0) is 12.3. The number of aromatic hydroxyl groups is 1. The van der Waals surface area contributed by atoms with Crippen molar-refractivity contribution in [1.29, 1.82) is 5.26 Å². The first-order chi connectivity index (χ1) is 7.43. The molecule has 0 aliphatic heterocycles. The first-order valence-electron chi connectivity index (χ1n) is 4.24. The molecule has 0 amide bonds. The maximum absolute atomic E-state index is 10.5. The number of hydrogen-bond donors (Lipinski definition) is 4. The molecule has 1 aromatic rings. The van der Waals surface area contributed by atoms with Crippen LogP contribution in [0.3, 0.4) is 0 Å². The topological polar surface area (TPSA) is 122 Å². The van der Waals surface area contributed by atoms with Gasteiger partial charge in [0.1, 0.15) is 18.1 Å². The summed E-state index contributed by atoms with van der Waals surface area (Å²) in [6, 6.07) is 4.51. The van der Waals surface area contributed by atoms with Gasteiger partial charge in [0.2, 0.25) is 5.79 Å². The minimum absolute atomic E-state index is 0.0745. The number of phenols is 1. The molecule has 84 valence electrons. The van der Waals surface area contributed by atoms with Gasteiger partial charge < -0.3 is 20.4 Å². The SMILES string of the molecule is N#CC(O)C(O)(O)c1cc(C=O)ccc1O. The van der Waals surface area contributed by atoms with Crippen molar-refractivity contribution in [2.45, 2.75) is 11.9 Å². The Hall–Kier alpha value is -1.94. The van der Waals surface area contributed by atoms with Crippen molar-refractivity contribution in [3.63, 3.8) is 0 Å². The summed E-state index contributed by atoms with van der Waals surface area (Å²) in [5, 5.41) is 45.7. The Kier molecular flexibility index (Phi) is 3.25. The quantitative estimate of drug-likeness (QED) is 0.303. The second-order valence-electron chi connectivity index (χ2n) is 3.15. The fourth-order valence-electron chi connectivity index (χ4n) is 1.16. The lowest BCUT2D eigenvalue weighted by atomic mass is 9.98. The summed E-state index contributed by atoms with van der Waals surface area (Å²) in [7, 11) is 0. The molecule has 6 heteroatoms. The third-order valence-corrected chi connectivity index (χ3v) is 2.06. The van der Waals surface area contributed by atoms with Crippen molar-refractivity contribution in [2.75, 3.05) is 0 Å². The number of aliphatic hydroxyl groups is 3. The molecule has 0 aliphatic carbocycles. The van der Waals surface area contributed by atoms with Crippen LogP contribution in [0.2, 0.25) is 0 Å². The predicted octanol–water partition coefficient (Wildman–Crippen LogP) is -0.773. The summed E-state index contributed by atoms with van der Waals surface area (Å²) in [5.74, 6) is -3.47. The van der Waals surface area contributed by atoms with Crippen LogP contribution < -0.4 is 0 Å². The molecule has 0 radical (unpaired) electrons. The number of rotatable bonds is 3. The van der Waals surface area contributed by atoms with Crippen molar-refractivity contribution in [3.05, 3.63) is 29.3 Å². The molecular weight excluding hydrogens is 214 g/mol. The van der Waals surface area contributed by atoms with Gasteiger partial charge in [-0.1, -0.05) is 0 Å². The lowest BCUT2D eigenvalue weighted by Crippen LogP contribution is -2.38. The molecule has 0 saturated heterocycles. The van der Waals surface area contributed by atoms with E-state index in [0.29, 0.717) is 6.29 Å². The van der Waals surface area contributed by atoms with E-state index in [1.54, 1.807) is 0 Å². The van der Waals surface area contributed by atoms with Gasteiger partial charge in [-0.3, -0.25) is 4.79 Å². The minimum Gasteiger partial charge on any atom is -0.507 e. The van der Waals surface area contributed by atoms with Gasteiger partial charge in [-0.15, -0.1) is 0 Å². The smallest absolute Gasteiger partial charge is 0.234 e. The Labute approximate surface area is 90.6 Å². The number of aldehydes is 1. The van der Waals surface area contributed by atoms with Crippen LogP contribution in [0.4, 0.5) is 0 Å². The molecule has 1 unspecified atom stereocenters. The van der Waals surface area contributed by atoms with Crippen LogP contribution in [-0.4, -0.2) is 32.8 Å². The first-order valence-corrected chi connectivity index (χ1v) is 4.24. The first kappa shape index (κ1) is 12.1. The van der Waals surface area contributed by atoms with Gasteiger partial charge in [-0.25, -0.2) is 0 Å². The fraction of sp³-hybridized carbons (Fsp3) is 0.200. The van der Waals surface area contributed by atoms with Crippen molar-refractivity contribution in [3.8, 4) is 11.8 Å². The van der Waals surface area contributed by atoms with Gasteiger partial charge in [0.15, 0.2) is 6.10 Å². The van der Waals surface area contributed by atoms with Crippen LogP contribution >= 0.6 is 0 Å². The minimum atomic E-state index is -2.93. The molecule has 0 saturated carbocycles. The summed E-state index contributed by atoms with van der Waals surface area (Å²) in [6.45, 7) is 0. The van der Waals surface area contributed by atoms with Crippen LogP contribution in [0, 0.1) is 11.3 Å². The highest BCUT2D eigenvalue weighted by Crippen LogP contribution is 2.30. The van der Waals surface area contributed by atoms with Crippen molar-refractivity contribution >= 4 is 6.29 Å². The lowest BCUT2D eigenvalue weighted by Gasteiger charge is -2.24. The van der Waals surface area contributed by atoms with Crippen LogP contribution in [0.5, 0.6) is 5.75 Å². The Morgan fingerprint density at radius 3 is 2.56 bits per heavy atom. The Balaban J connectivity index is 3.32. The highest BCUT2D eigenvalue weighted by Gasteiger charge is 2.38. The number of nitrogens with zero attached hydrogens (tertiary/aromatic N) is 1. The van der Waals surface area contributed by atoms with E-state index in [-0.39, 0.29) is 5.56 Å². The molecule has 1 atom stereocenters. The van der Waals surface area contributed by atoms with E-state index in [1.165, 1.54) is 12.1 Å². The van der Waals surface area contributed by atoms with Crippen LogP contribution in [0.1, 0.15) is 15.9 Å². The van der Waals surface area contributed by atoms with Gasteiger partial charge in [0.25, 0.3) is 0 Å². The fourth-order valence-corrected chi connectivity index (χ4v) is 1.16. The molecule has 0 spiro atoms. The average Bonchev–Trinajstić information content (AvgIpc) is 2.28. The maximum Gasteiger partial charge on any atom is 0.234 e. The summed E-state index contributed by atoms with van der Waals surface area (Å²) in [5.41, 5.74) is -0.434. The van der Waals surface area contributed by atoms with E-state index >= 15 is 0 Å². The molecular formula is C10H9NO5. The van der Waals surface area contributed by atoms with Gasteiger partial charge in [0.05, 0.1) is 5.56 Å². The number of phenolic OH excluding ortho intramolecular Hbond substituents is 1. The van der Waals surface area contributed by atoms with Crippen molar-refractivity contribution < 1.29 is 25.2 Å². The molecule has 1 rings (SSSR count). The van der Waals surface area contributed by atoms with Gasteiger partial charge in [-0.05, 0) is 18.2 Å². The van der Waals surface area contributed by atoms with E-state index in [0.717, 1.165) is 12.1 Å². The Morgan fingerprint density at radius 1 is 1.44 bits per heavy atom. The normalized spacial score (nSPS) is 12.9. The van der Waals surface area contributed by atoms with E-state index in [1.807, 2.05) is 0 Å². The molecule has 1 aromatic carbocycles. The summed E-state index contributed by atoms with van der Waals surface area (Å²) in [6.07, 6.45) is -1.71. The standard InChI is InChI=1S/C10H9NO5/c11-4-9(14)10(15,16)7-3-6(5-12)1-2-8(7)13/h1-3,5,9,13-16H. The van der Waals surface area contributed by atoms with E-state index in [2.05, 4.69) is 0 Å². The summed E-state index contributed by atoms with van der Waals surface area (Å²) >= 11 is 0. The zero-order valence-electron chi connectivity index (χ0n) is 8.03. The number of aliphatic hydroxyl groups excluding tert-OH is 1. The van der Waals surface area contributed by atoms with Gasteiger partial charge in [-0.2, -0.15) is 5.26 Å². The predicted molar refractivity (Wildman–Crippen MR) is 51.2 cm³/mol. The molecule has 0 aliphatic rings. The van der Waals surface area contributed by atoms with Crippen LogP contribution in [0.25, 0.3) is 0 Å². The second-order valence-corrected chi connectivity index (χ2v) is 3.15. The van der Waals surface area contributed by atoms with E-state index in [4.69, 9.17) is 10.4 Å². The molecule has 16 heavy (non-hydrogen) atoms. The zero-order valence-corrected chi connectivity index (χ0v) is 8.03. The molecule has 0 bridgehead atoms. The third kappa shape index (κ3) is 2.01. The second kappa shape index (κ2) is 4.28. The molecule has 0 aromatic heterocycles. The number of carbonyl (C=O) groups excluding carboxylic acids is 1. The molecule has 4 N–H and O–H groups in total. The Morgan fingerprint density at radius 2 is 2.06 bits per heavy atom. The molecule has 0 fully saturated rings. The van der Waals surface area contributed by atoms with E-state index < -0.39 is 23.2 Å². The van der Waals surface area contributed by atoms with Gasteiger partial charge in [0, 0.05) is 5.56 Å². The van der Waals surface area contributed by atoms with Crippen molar-refractivity contribution in [2.24, 2.45) is 0 Å². The molecule has 0 heterocycles. The summed E-state index contributed by atoms with van der Waals surface area (Å²) < 4.78 is 0. The summed E-state index contributed by atoms with van der Waals surface area (Å²) in [4.78, 5) is 10.5. The largest absolute Gasteiger partial charge is 0.507 e. The number of nitriles is 1. The van der Waals surface area contributed by atoms with Crippen molar-refractivity contribution in [1.82, 2.24) is 0 Å². The third-order valence-electron chi connectivity index (χ3n) is 2.06. The monoisotopic (exact) mass is 223 g/mol. The highest BCUT2D eigenvalue weighted by atomic mass is 16.5. The van der Waals surface area contributed by atoms with Crippen LogP contribution in [0.15, 0.2) is 18.2 Å².